The summed E-state index contributed by atoms with van der Waals surface area (Å²) in [5.41, 5.74) is -0.129. The standard InChI is InChI=1S/C7H13NO/c1-3-4-5-7(2)6(9)8-7/h3-5H2,1-2H3,(H,8,9). The molecule has 1 fully saturated rings. The highest BCUT2D eigenvalue weighted by molar-refractivity contribution is 6.01. The maximum absolute atomic E-state index is 10.6. The van der Waals surface area contributed by atoms with Crippen LogP contribution in [0, 0.1) is 0 Å². The molecule has 2 nitrogen and oxygen atoms in total. The van der Waals surface area contributed by atoms with Gasteiger partial charge >= 0.3 is 0 Å². The number of hydrogen-bond acceptors (Lipinski definition) is 1. The summed E-state index contributed by atoms with van der Waals surface area (Å²) in [6.45, 7) is 4.10. The first-order valence-corrected chi connectivity index (χ1v) is 3.51. The Kier molecular flexibility index (Phi) is 1.47. The van der Waals surface area contributed by atoms with Gasteiger partial charge in [0.2, 0.25) is 5.91 Å². The molecular weight excluding hydrogens is 114 g/mol. The van der Waals surface area contributed by atoms with Crippen LogP contribution in [0.4, 0.5) is 0 Å². The van der Waals surface area contributed by atoms with E-state index in [1.807, 2.05) is 6.92 Å². The summed E-state index contributed by atoms with van der Waals surface area (Å²) in [6, 6.07) is 0. The molecule has 52 valence electrons. The van der Waals surface area contributed by atoms with Crippen LogP contribution in [0.1, 0.15) is 33.1 Å². The molecule has 0 spiro atoms. The Morgan fingerprint density at radius 3 is 2.56 bits per heavy atom. The summed E-state index contributed by atoms with van der Waals surface area (Å²) in [5.74, 6) is 0.218. The van der Waals surface area contributed by atoms with Crippen molar-refractivity contribution in [3.05, 3.63) is 0 Å². The van der Waals surface area contributed by atoms with Crippen molar-refractivity contribution >= 4 is 5.91 Å². The molecule has 9 heavy (non-hydrogen) atoms. The van der Waals surface area contributed by atoms with E-state index in [0.29, 0.717) is 0 Å². The average molecular weight is 127 g/mol. The fourth-order valence-electron chi connectivity index (χ4n) is 0.926. The van der Waals surface area contributed by atoms with E-state index >= 15 is 0 Å². The van der Waals surface area contributed by atoms with Crippen molar-refractivity contribution in [1.29, 1.82) is 0 Å². The van der Waals surface area contributed by atoms with E-state index in [1.165, 1.54) is 6.42 Å². The first-order chi connectivity index (χ1) is 4.19. The van der Waals surface area contributed by atoms with Gasteiger partial charge in [0.05, 0.1) is 0 Å². The van der Waals surface area contributed by atoms with Gasteiger partial charge in [0, 0.05) is 0 Å². The third-order valence-corrected chi connectivity index (χ3v) is 1.86. The van der Waals surface area contributed by atoms with Gasteiger partial charge in [0.1, 0.15) is 5.54 Å². The molecule has 1 saturated heterocycles. The van der Waals surface area contributed by atoms with Crippen LogP contribution in [0.2, 0.25) is 0 Å². The van der Waals surface area contributed by atoms with Crippen molar-refractivity contribution in [2.24, 2.45) is 0 Å². The molecule has 0 aliphatic carbocycles. The molecule has 0 aromatic heterocycles. The molecule has 1 aliphatic rings. The quantitative estimate of drug-likeness (QED) is 0.566. The molecule has 1 rings (SSSR count). The fourth-order valence-corrected chi connectivity index (χ4v) is 0.926. The molecule has 2 heteroatoms. The summed E-state index contributed by atoms with van der Waals surface area (Å²) in [6.07, 6.45) is 3.32. The zero-order valence-electron chi connectivity index (χ0n) is 6.03. The Labute approximate surface area is 55.6 Å². The highest BCUT2D eigenvalue weighted by Crippen LogP contribution is 2.24. The van der Waals surface area contributed by atoms with E-state index in [2.05, 4.69) is 12.2 Å². The SMILES string of the molecule is CCCCC1(C)NC1=O. The zero-order chi connectivity index (χ0) is 6.91. The van der Waals surface area contributed by atoms with Crippen LogP contribution in [0.5, 0.6) is 0 Å². The number of nitrogens with one attached hydrogen (secondary N) is 1. The summed E-state index contributed by atoms with van der Waals surface area (Å²) in [5, 5.41) is 2.80. The summed E-state index contributed by atoms with van der Waals surface area (Å²) < 4.78 is 0. The largest absolute Gasteiger partial charge is 0.340 e. The van der Waals surface area contributed by atoms with Gasteiger partial charge in [-0.15, -0.1) is 0 Å². The molecule has 1 amide bonds. The van der Waals surface area contributed by atoms with E-state index in [9.17, 15) is 4.79 Å². The normalized spacial score (nSPS) is 32.0. The van der Waals surface area contributed by atoms with Crippen molar-refractivity contribution in [2.75, 3.05) is 0 Å². The predicted octanol–water partition coefficient (Wildman–Crippen LogP) is 1.07. The van der Waals surface area contributed by atoms with Gasteiger partial charge in [-0.05, 0) is 13.3 Å². The minimum atomic E-state index is -0.129. The summed E-state index contributed by atoms with van der Waals surface area (Å²) >= 11 is 0. The number of unbranched alkanes of at least 4 members (excludes halogenated alkanes) is 1. The van der Waals surface area contributed by atoms with Gasteiger partial charge in [-0.1, -0.05) is 19.8 Å². The maximum Gasteiger partial charge on any atom is 0.246 e. The first kappa shape index (κ1) is 6.59. The van der Waals surface area contributed by atoms with E-state index in [0.717, 1.165) is 12.8 Å². The molecule has 1 heterocycles. The third kappa shape index (κ3) is 1.23. The van der Waals surface area contributed by atoms with Gasteiger partial charge in [-0.3, -0.25) is 4.79 Å². The van der Waals surface area contributed by atoms with Gasteiger partial charge < -0.3 is 5.32 Å². The maximum atomic E-state index is 10.6. The van der Waals surface area contributed by atoms with E-state index in [4.69, 9.17) is 0 Å². The number of rotatable bonds is 3. The Balaban J connectivity index is 2.21. The van der Waals surface area contributed by atoms with Gasteiger partial charge in [0.15, 0.2) is 0 Å². The van der Waals surface area contributed by atoms with E-state index in [1.54, 1.807) is 0 Å². The van der Waals surface area contributed by atoms with Crippen molar-refractivity contribution in [1.82, 2.24) is 5.32 Å². The molecule has 1 unspecified atom stereocenters. The third-order valence-electron chi connectivity index (χ3n) is 1.86. The highest BCUT2D eigenvalue weighted by Gasteiger charge is 2.47. The summed E-state index contributed by atoms with van der Waals surface area (Å²) in [4.78, 5) is 10.6. The predicted molar refractivity (Wildman–Crippen MR) is 36.1 cm³/mol. The van der Waals surface area contributed by atoms with Crippen molar-refractivity contribution in [2.45, 2.75) is 38.6 Å². The number of carbonyl (C=O) groups excluding carboxylic acids is 1. The molecule has 0 aromatic carbocycles. The second kappa shape index (κ2) is 2.01. The van der Waals surface area contributed by atoms with Crippen LogP contribution in [-0.2, 0) is 4.79 Å². The Bertz CT molecular complexity index is 133. The van der Waals surface area contributed by atoms with Crippen molar-refractivity contribution in [3.63, 3.8) is 0 Å². The van der Waals surface area contributed by atoms with Crippen LogP contribution in [0.15, 0.2) is 0 Å². The van der Waals surface area contributed by atoms with Crippen molar-refractivity contribution in [3.8, 4) is 0 Å². The lowest BCUT2D eigenvalue weighted by Gasteiger charge is -1.99. The minimum Gasteiger partial charge on any atom is -0.340 e. The molecule has 1 aliphatic heterocycles. The highest BCUT2D eigenvalue weighted by atomic mass is 16.2. The zero-order valence-corrected chi connectivity index (χ0v) is 6.03. The first-order valence-electron chi connectivity index (χ1n) is 3.51. The lowest BCUT2D eigenvalue weighted by Crippen LogP contribution is -2.08. The van der Waals surface area contributed by atoms with Gasteiger partial charge in [0.25, 0.3) is 0 Å². The molecule has 0 aromatic rings. The van der Waals surface area contributed by atoms with Crippen LogP contribution in [-0.4, -0.2) is 11.4 Å². The second-order valence-electron chi connectivity index (χ2n) is 2.89. The van der Waals surface area contributed by atoms with Crippen LogP contribution < -0.4 is 5.32 Å². The molecule has 1 N–H and O–H groups in total. The Hall–Kier alpha value is -0.530. The van der Waals surface area contributed by atoms with Crippen LogP contribution in [0.25, 0.3) is 0 Å². The lowest BCUT2D eigenvalue weighted by molar-refractivity contribution is -0.112. The molecule has 1 atom stereocenters. The number of hydrogen-bond donors (Lipinski definition) is 1. The van der Waals surface area contributed by atoms with Gasteiger partial charge in [-0.25, -0.2) is 0 Å². The van der Waals surface area contributed by atoms with E-state index < -0.39 is 0 Å². The molecular formula is C7H13NO. The summed E-state index contributed by atoms with van der Waals surface area (Å²) in [7, 11) is 0. The monoisotopic (exact) mass is 127 g/mol. The van der Waals surface area contributed by atoms with Crippen LogP contribution in [0.3, 0.4) is 0 Å². The molecule has 0 saturated carbocycles. The number of carbonyl (C=O) groups is 1. The lowest BCUT2D eigenvalue weighted by atomic mass is 10.1. The van der Waals surface area contributed by atoms with Crippen molar-refractivity contribution < 1.29 is 4.79 Å². The van der Waals surface area contributed by atoms with E-state index in [-0.39, 0.29) is 11.4 Å². The second-order valence-corrected chi connectivity index (χ2v) is 2.89. The smallest absolute Gasteiger partial charge is 0.246 e. The fraction of sp³-hybridized carbons (Fsp3) is 0.857. The Morgan fingerprint density at radius 2 is 2.22 bits per heavy atom. The Morgan fingerprint density at radius 1 is 1.67 bits per heavy atom. The molecule has 0 bridgehead atoms. The average Bonchev–Trinajstić information content (AvgIpc) is 2.38. The van der Waals surface area contributed by atoms with Gasteiger partial charge in [-0.2, -0.15) is 0 Å². The molecule has 0 radical (unpaired) electrons. The topological polar surface area (TPSA) is 39.0 Å². The van der Waals surface area contributed by atoms with Crippen LogP contribution >= 0.6 is 0 Å². The minimum absolute atomic E-state index is 0.129. The number of amides is 1.